The van der Waals surface area contributed by atoms with Crippen LogP contribution in [0.2, 0.25) is 0 Å². The van der Waals surface area contributed by atoms with Crippen LogP contribution in [0.15, 0.2) is 12.1 Å². The molecular weight excluding hydrogens is 190 g/mol. The number of esters is 1. The first-order valence-electron chi connectivity index (χ1n) is 4.95. The number of nitrogen functional groups attached to an aromatic ring is 1. The van der Waals surface area contributed by atoms with Crippen molar-refractivity contribution >= 4 is 11.7 Å². The van der Waals surface area contributed by atoms with E-state index in [0.29, 0.717) is 17.2 Å². The molecule has 3 heteroatoms. The highest BCUT2D eigenvalue weighted by Gasteiger charge is 2.13. The van der Waals surface area contributed by atoms with Crippen LogP contribution >= 0.6 is 0 Å². The number of rotatable bonds is 2. The summed E-state index contributed by atoms with van der Waals surface area (Å²) in [5.41, 5.74) is 9.04. The van der Waals surface area contributed by atoms with Gasteiger partial charge in [0.1, 0.15) is 0 Å². The van der Waals surface area contributed by atoms with E-state index in [-0.39, 0.29) is 5.97 Å². The van der Waals surface area contributed by atoms with Gasteiger partial charge in [0.2, 0.25) is 0 Å². The molecule has 0 aliphatic heterocycles. The maximum atomic E-state index is 11.4. The third kappa shape index (κ3) is 2.29. The van der Waals surface area contributed by atoms with E-state index in [1.54, 1.807) is 6.07 Å². The van der Waals surface area contributed by atoms with Gasteiger partial charge in [-0.3, -0.25) is 0 Å². The van der Waals surface area contributed by atoms with Crippen molar-refractivity contribution in [2.75, 3.05) is 12.8 Å². The topological polar surface area (TPSA) is 52.3 Å². The van der Waals surface area contributed by atoms with Crippen molar-refractivity contribution in [1.29, 1.82) is 0 Å². The summed E-state index contributed by atoms with van der Waals surface area (Å²) < 4.78 is 4.68. The predicted octanol–water partition coefficient (Wildman–Crippen LogP) is 2.49. The molecule has 3 nitrogen and oxygen atoms in total. The first-order chi connectivity index (χ1) is 6.97. The molecule has 0 fully saturated rings. The molecule has 0 atom stereocenters. The van der Waals surface area contributed by atoms with Crippen LogP contribution < -0.4 is 5.73 Å². The third-order valence-electron chi connectivity index (χ3n) is 2.46. The summed E-state index contributed by atoms with van der Waals surface area (Å²) in [6.07, 6.45) is 0. The van der Waals surface area contributed by atoms with Gasteiger partial charge in [-0.2, -0.15) is 0 Å². The molecule has 0 saturated carbocycles. The average Bonchev–Trinajstić information content (AvgIpc) is 2.19. The maximum Gasteiger partial charge on any atom is 0.338 e. The lowest BCUT2D eigenvalue weighted by Crippen LogP contribution is -2.07. The van der Waals surface area contributed by atoms with Gasteiger partial charge in [-0.1, -0.05) is 19.9 Å². The van der Waals surface area contributed by atoms with E-state index in [9.17, 15) is 4.79 Å². The lowest BCUT2D eigenvalue weighted by Gasteiger charge is -2.13. The Morgan fingerprint density at radius 1 is 1.40 bits per heavy atom. The Hall–Kier alpha value is -1.51. The minimum absolute atomic E-state index is 0.338. The van der Waals surface area contributed by atoms with Crippen LogP contribution in [0.25, 0.3) is 0 Å². The number of anilines is 1. The Labute approximate surface area is 90.2 Å². The molecule has 82 valence electrons. The summed E-state index contributed by atoms with van der Waals surface area (Å²) in [6.45, 7) is 6.03. The van der Waals surface area contributed by atoms with Crippen molar-refractivity contribution in [2.24, 2.45) is 0 Å². The molecule has 2 N–H and O–H groups in total. The number of nitrogens with two attached hydrogens (primary N) is 1. The molecule has 0 aliphatic carbocycles. The molecule has 0 saturated heterocycles. The summed E-state index contributed by atoms with van der Waals surface area (Å²) in [5.74, 6) is 0.0184. The number of carbonyl (C=O) groups is 1. The van der Waals surface area contributed by atoms with E-state index >= 15 is 0 Å². The first-order valence-corrected chi connectivity index (χ1v) is 4.95. The van der Waals surface area contributed by atoms with Crippen molar-refractivity contribution < 1.29 is 9.53 Å². The van der Waals surface area contributed by atoms with Crippen LogP contribution in [0.4, 0.5) is 5.69 Å². The molecule has 1 aromatic carbocycles. The van der Waals surface area contributed by atoms with Crippen molar-refractivity contribution in [2.45, 2.75) is 26.7 Å². The Bertz CT molecular complexity index is 383. The number of methoxy groups -OCH3 is 1. The summed E-state index contributed by atoms with van der Waals surface area (Å²) in [4.78, 5) is 11.4. The smallest absolute Gasteiger partial charge is 0.338 e. The second-order valence-corrected chi connectivity index (χ2v) is 3.94. The van der Waals surface area contributed by atoms with E-state index in [1.807, 2.05) is 13.0 Å². The number of hydrogen-bond donors (Lipinski definition) is 1. The van der Waals surface area contributed by atoms with Crippen molar-refractivity contribution in [3.05, 3.63) is 28.8 Å². The van der Waals surface area contributed by atoms with E-state index in [4.69, 9.17) is 5.73 Å². The van der Waals surface area contributed by atoms with Crippen molar-refractivity contribution in [3.8, 4) is 0 Å². The molecular formula is C12H17NO2. The molecule has 0 aliphatic rings. The van der Waals surface area contributed by atoms with E-state index in [0.717, 1.165) is 11.1 Å². The molecule has 0 unspecified atom stereocenters. The Morgan fingerprint density at radius 3 is 2.47 bits per heavy atom. The zero-order valence-corrected chi connectivity index (χ0v) is 9.63. The van der Waals surface area contributed by atoms with Crippen LogP contribution in [0.5, 0.6) is 0 Å². The van der Waals surface area contributed by atoms with Gasteiger partial charge in [-0.25, -0.2) is 4.79 Å². The molecule has 0 bridgehead atoms. The number of hydrogen-bond acceptors (Lipinski definition) is 3. The summed E-state index contributed by atoms with van der Waals surface area (Å²) in [6, 6.07) is 3.64. The van der Waals surface area contributed by atoms with Crippen LogP contribution in [0.1, 0.15) is 41.3 Å². The standard InChI is InChI=1S/C12H17NO2/c1-7(2)9-5-8(3)10(6-11(9)13)12(14)15-4/h5-7H,13H2,1-4H3. The number of aryl methyl sites for hydroxylation is 1. The lowest BCUT2D eigenvalue weighted by atomic mass is 9.96. The highest BCUT2D eigenvalue weighted by Crippen LogP contribution is 2.25. The Kier molecular flexibility index (Phi) is 3.35. The predicted molar refractivity (Wildman–Crippen MR) is 61.0 cm³/mol. The summed E-state index contributed by atoms with van der Waals surface area (Å²) >= 11 is 0. The lowest BCUT2D eigenvalue weighted by molar-refractivity contribution is 0.0600. The van der Waals surface area contributed by atoms with Gasteiger partial charge in [-0.05, 0) is 30.0 Å². The van der Waals surface area contributed by atoms with Crippen LogP contribution in [-0.2, 0) is 4.74 Å². The maximum absolute atomic E-state index is 11.4. The SMILES string of the molecule is COC(=O)c1cc(N)c(C(C)C)cc1C. The highest BCUT2D eigenvalue weighted by molar-refractivity contribution is 5.92. The molecule has 0 heterocycles. The highest BCUT2D eigenvalue weighted by atomic mass is 16.5. The fourth-order valence-electron chi connectivity index (χ4n) is 1.58. The summed E-state index contributed by atoms with van der Waals surface area (Å²) in [5, 5.41) is 0. The zero-order chi connectivity index (χ0) is 11.6. The van der Waals surface area contributed by atoms with E-state index in [2.05, 4.69) is 18.6 Å². The van der Waals surface area contributed by atoms with E-state index in [1.165, 1.54) is 7.11 Å². The quantitative estimate of drug-likeness (QED) is 0.598. The van der Waals surface area contributed by atoms with Gasteiger partial charge in [-0.15, -0.1) is 0 Å². The minimum Gasteiger partial charge on any atom is -0.465 e. The minimum atomic E-state index is -0.338. The van der Waals surface area contributed by atoms with Gasteiger partial charge in [0.25, 0.3) is 0 Å². The zero-order valence-electron chi connectivity index (χ0n) is 9.63. The van der Waals surface area contributed by atoms with Crippen molar-refractivity contribution in [3.63, 3.8) is 0 Å². The van der Waals surface area contributed by atoms with Gasteiger partial charge in [0.05, 0.1) is 12.7 Å². The molecule has 0 amide bonds. The van der Waals surface area contributed by atoms with Gasteiger partial charge >= 0.3 is 5.97 Å². The molecule has 0 spiro atoms. The third-order valence-corrected chi connectivity index (χ3v) is 2.46. The van der Waals surface area contributed by atoms with Gasteiger partial charge in [0.15, 0.2) is 0 Å². The fraction of sp³-hybridized carbons (Fsp3) is 0.417. The second-order valence-electron chi connectivity index (χ2n) is 3.94. The number of carbonyl (C=O) groups excluding carboxylic acids is 1. The van der Waals surface area contributed by atoms with Crippen LogP contribution in [-0.4, -0.2) is 13.1 Å². The normalized spacial score (nSPS) is 10.5. The van der Waals surface area contributed by atoms with Crippen LogP contribution in [0, 0.1) is 6.92 Å². The Balaban J connectivity index is 3.25. The molecule has 15 heavy (non-hydrogen) atoms. The largest absolute Gasteiger partial charge is 0.465 e. The molecule has 0 radical (unpaired) electrons. The van der Waals surface area contributed by atoms with E-state index < -0.39 is 0 Å². The monoisotopic (exact) mass is 207 g/mol. The second kappa shape index (κ2) is 4.34. The average molecular weight is 207 g/mol. The molecule has 0 aromatic heterocycles. The number of benzene rings is 1. The van der Waals surface area contributed by atoms with Gasteiger partial charge < -0.3 is 10.5 Å². The molecule has 1 rings (SSSR count). The van der Waals surface area contributed by atoms with Crippen molar-refractivity contribution in [1.82, 2.24) is 0 Å². The molecule has 1 aromatic rings. The fourth-order valence-corrected chi connectivity index (χ4v) is 1.58. The summed E-state index contributed by atoms with van der Waals surface area (Å²) in [7, 11) is 1.37. The Morgan fingerprint density at radius 2 is 2.00 bits per heavy atom. The van der Waals surface area contributed by atoms with Gasteiger partial charge in [0, 0.05) is 5.69 Å². The first kappa shape index (κ1) is 11.6. The van der Waals surface area contributed by atoms with Crippen LogP contribution in [0.3, 0.4) is 0 Å². The number of ether oxygens (including phenoxy) is 1.